The highest BCUT2D eigenvalue weighted by Crippen LogP contribution is 2.25. The van der Waals surface area contributed by atoms with Gasteiger partial charge in [-0.3, -0.25) is 9.78 Å². The zero-order chi connectivity index (χ0) is 21.2. The van der Waals surface area contributed by atoms with Crippen LogP contribution in [0.4, 0.5) is 0 Å². The van der Waals surface area contributed by atoms with Crippen molar-refractivity contribution in [3.8, 4) is 10.6 Å². The fourth-order valence-electron chi connectivity index (χ4n) is 4.26. The molecule has 7 heteroatoms. The van der Waals surface area contributed by atoms with Gasteiger partial charge < -0.3 is 15.0 Å². The minimum Gasteiger partial charge on any atom is -0.391 e. The Morgan fingerprint density at radius 2 is 1.97 bits per heavy atom. The number of carbonyl (C=O) groups is 1. The molecule has 2 atom stereocenters. The molecule has 3 heterocycles. The van der Waals surface area contributed by atoms with Crippen molar-refractivity contribution >= 4 is 28.3 Å². The molecule has 0 bridgehead atoms. The SMILES string of the molecule is O=C(NC1CCCCC1O)c1cn(Cc2ccc(-c3nccs3)cc2)c2cccnc12. The third-order valence-electron chi connectivity index (χ3n) is 5.91. The fraction of sp³-hybridized carbons (Fsp3) is 0.292. The van der Waals surface area contributed by atoms with Crippen LogP contribution in [-0.2, 0) is 6.54 Å². The van der Waals surface area contributed by atoms with Crippen molar-refractivity contribution in [2.24, 2.45) is 0 Å². The number of nitrogens with one attached hydrogen (secondary N) is 1. The number of hydrogen-bond donors (Lipinski definition) is 2. The molecule has 158 valence electrons. The Labute approximate surface area is 184 Å². The van der Waals surface area contributed by atoms with Gasteiger partial charge in [0.05, 0.1) is 23.2 Å². The van der Waals surface area contributed by atoms with Crippen molar-refractivity contribution in [2.45, 2.75) is 44.4 Å². The third-order valence-corrected chi connectivity index (χ3v) is 6.73. The molecule has 1 saturated carbocycles. The second kappa shape index (κ2) is 8.61. The van der Waals surface area contributed by atoms with Crippen molar-refractivity contribution in [1.82, 2.24) is 19.9 Å². The lowest BCUT2D eigenvalue weighted by Gasteiger charge is -2.28. The minimum atomic E-state index is -0.477. The quantitative estimate of drug-likeness (QED) is 0.494. The third kappa shape index (κ3) is 4.11. The number of aliphatic hydroxyl groups is 1. The summed E-state index contributed by atoms with van der Waals surface area (Å²) in [5.74, 6) is -0.174. The Hall–Kier alpha value is -3.03. The summed E-state index contributed by atoms with van der Waals surface area (Å²) in [5, 5.41) is 16.2. The number of fused-ring (bicyclic) bond motifs is 1. The Bertz CT molecular complexity index is 1180. The molecule has 2 N–H and O–H groups in total. The number of aliphatic hydroxyl groups excluding tert-OH is 1. The Morgan fingerprint density at radius 3 is 2.74 bits per heavy atom. The largest absolute Gasteiger partial charge is 0.391 e. The van der Waals surface area contributed by atoms with Gasteiger partial charge in [0, 0.05) is 36.1 Å². The Kier molecular flexibility index (Phi) is 5.53. The van der Waals surface area contributed by atoms with Gasteiger partial charge in [-0.1, -0.05) is 37.1 Å². The summed E-state index contributed by atoms with van der Waals surface area (Å²) < 4.78 is 2.06. The maximum Gasteiger partial charge on any atom is 0.255 e. The molecule has 0 radical (unpaired) electrons. The molecule has 1 aromatic carbocycles. The Balaban J connectivity index is 1.40. The number of aromatic nitrogens is 3. The highest BCUT2D eigenvalue weighted by molar-refractivity contribution is 7.13. The number of nitrogens with zero attached hydrogens (tertiary/aromatic N) is 3. The fourth-order valence-corrected chi connectivity index (χ4v) is 4.91. The van der Waals surface area contributed by atoms with Crippen molar-refractivity contribution in [3.63, 3.8) is 0 Å². The number of rotatable bonds is 5. The van der Waals surface area contributed by atoms with E-state index in [4.69, 9.17) is 0 Å². The first-order valence-electron chi connectivity index (χ1n) is 10.6. The zero-order valence-corrected chi connectivity index (χ0v) is 17.9. The van der Waals surface area contributed by atoms with Crippen molar-refractivity contribution < 1.29 is 9.90 Å². The molecule has 0 spiro atoms. The van der Waals surface area contributed by atoms with E-state index in [0.717, 1.165) is 47.3 Å². The van der Waals surface area contributed by atoms with Gasteiger partial charge in [-0.15, -0.1) is 11.3 Å². The second-order valence-electron chi connectivity index (χ2n) is 8.01. The number of hydrogen-bond acceptors (Lipinski definition) is 5. The molecule has 2 unspecified atom stereocenters. The van der Waals surface area contributed by atoms with E-state index in [2.05, 4.69) is 44.1 Å². The molecule has 6 nitrogen and oxygen atoms in total. The van der Waals surface area contributed by atoms with Crippen molar-refractivity contribution in [1.29, 1.82) is 0 Å². The maximum atomic E-state index is 13.0. The van der Waals surface area contributed by atoms with Crippen LogP contribution in [0.3, 0.4) is 0 Å². The molecule has 1 amide bonds. The van der Waals surface area contributed by atoms with Crippen LogP contribution in [0.5, 0.6) is 0 Å². The van der Waals surface area contributed by atoms with Crippen LogP contribution in [0.25, 0.3) is 21.6 Å². The molecule has 3 aromatic heterocycles. The van der Waals surface area contributed by atoms with Gasteiger partial charge in [-0.05, 0) is 30.5 Å². The molecular weight excluding hydrogens is 408 g/mol. The van der Waals surface area contributed by atoms with Crippen LogP contribution < -0.4 is 5.32 Å². The average molecular weight is 433 g/mol. The molecule has 1 aliphatic carbocycles. The van der Waals surface area contributed by atoms with Gasteiger partial charge in [-0.25, -0.2) is 4.98 Å². The number of pyridine rings is 1. The van der Waals surface area contributed by atoms with Crippen molar-refractivity contribution in [2.75, 3.05) is 0 Å². The number of benzene rings is 1. The molecule has 0 aliphatic heterocycles. The van der Waals surface area contributed by atoms with Crippen LogP contribution in [-0.4, -0.2) is 37.7 Å². The number of carbonyl (C=O) groups excluding carboxylic acids is 1. The lowest BCUT2D eigenvalue weighted by atomic mass is 9.92. The van der Waals surface area contributed by atoms with Crippen molar-refractivity contribution in [3.05, 3.63) is 71.5 Å². The van der Waals surface area contributed by atoms with E-state index in [9.17, 15) is 9.90 Å². The van der Waals surface area contributed by atoms with Crippen LogP contribution in [0, 0.1) is 0 Å². The topological polar surface area (TPSA) is 80.0 Å². The second-order valence-corrected chi connectivity index (χ2v) is 8.90. The van der Waals surface area contributed by atoms with Gasteiger partial charge in [0.2, 0.25) is 0 Å². The monoisotopic (exact) mass is 432 g/mol. The molecule has 1 aliphatic rings. The summed E-state index contributed by atoms with van der Waals surface area (Å²) in [6.45, 7) is 0.639. The summed E-state index contributed by atoms with van der Waals surface area (Å²) in [6, 6.07) is 12.0. The van der Waals surface area contributed by atoms with E-state index in [1.165, 1.54) is 0 Å². The van der Waals surface area contributed by atoms with E-state index in [-0.39, 0.29) is 11.9 Å². The molecule has 31 heavy (non-hydrogen) atoms. The molecule has 5 rings (SSSR count). The van der Waals surface area contributed by atoms with Crippen LogP contribution in [0.2, 0.25) is 0 Å². The van der Waals surface area contributed by atoms with Crippen LogP contribution >= 0.6 is 11.3 Å². The molecule has 0 saturated heterocycles. The first-order valence-corrected chi connectivity index (χ1v) is 11.5. The summed E-state index contributed by atoms with van der Waals surface area (Å²) >= 11 is 1.62. The van der Waals surface area contributed by atoms with E-state index in [1.807, 2.05) is 29.9 Å². The normalized spacial score (nSPS) is 18.9. The van der Waals surface area contributed by atoms with E-state index in [0.29, 0.717) is 17.6 Å². The summed E-state index contributed by atoms with van der Waals surface area (Å²) in [7, 11) is 0. The molecule has 1 fully saturated rings. The first-order chi connectivity index (χ1) is 15.2. The number of thiazole rings is 1. The summed E-state index contributed by atoms with van der Waals surface area (Å²) in [4.78, 5) is 21.9. The Morgan fingerprint density at radius 1 is 1.13 bits per heavy atom. The average Bonchev–Trinajstić information content (AvgIpc) is 3.45. The van der Waals surface area contributed by atoms with Gasteiger partial charge in [0.1, 0.15) is 10.5 Å². The highest BCUT2D eigenvalue weighted by Gasteiger charge is 2.26. The number of amides is 1. The zero-order valence-electron chi connectivity index (χ0n) is 17.1. The smallest absolute Gasteiger partial charge is 0.255 e. The molecule has 4 aromatic rings. The first kappa shape index (κ1) is 19.9. The van der Waals surface area contributed by atoms with E-state index < -0.39 is 6.10 Å². The van der Waals surface area contributed by atoms with E-state index >= 15 is 0 Å². The standard InChI is InChI=1S/C24H24N4O2S/c29-21-6-2-1-4-19(21)27-23(30)18-15-28(20-5-3-11-25-22(18)20)14-16-7-9-17(10-8-16)24-26-12-13-31-24/h3,5,7-13,15,19,21,29H,1-2,4,6,14H2,(H,27,30). The van der Waals surface area contributed by atoms with Gasteiger partial charge in [-0.2, -0.15) is 0 Å². The lowest BCUT2D eigenvalue weighted by molar-refractivity contribution is 0.0718. The predicted octanol–water partition coefficient (Wildman–Crippen LogP) is 4.24. The highest BCUT2D eigenvalue weighted by atomic mass is 32.1. The van der Waals surface area contributed by atoms with E-state index in [1.54, 1.807) is 17.5 Å². The van der Waals surface area contributed by atoms with Gasteiger partial charge >= 0.3 is 0 Å². The minimum absolute atomic E-state index is 0.174. The van der Waals surface area contributed by atoms with Crippen LogP contribution in [0.15, 0.2) is 60.4 Å². The van der Waals surface area contributed by atoms with Gasteiger partial charge in [0.15, 0.2) is 0 Å². The summed E-state index contributed by atoms with van der Waals surface area (Å²) in [5.41, 5.74) is 4.39. The lowest BCUT2D eigenvalue weighted by Crippen LogP contribution is -2.45. The summed E-state index contributed by atoms with van der Waals surface area (Å²) in [6.07, 6.45) is 8.50. The maximum absolute atomic E-state index is 13.0. The predicted molar refractivity (Wildman–Crippen MR) is 122 cm³/mol. The van der Waals surface area contributed by atoms with Crippen LogP contribution in [0.1, 0.15) is 41.6 Å². The molecular formula is C24H24N4O2S. The van der Waals surface area contributed by atoms with Gasteiger partial charge in [0.25, 0.3) is 5.91 Å².